The number of rotatable bonds is 6. The van der Waals surface area contributed by atoms with Gasteiger partial charge in [-0.25, -0.2) is 13.2 Å². The summed E-state index contributed by atoms with van der Waals surface area (Å²) >= 11 is 0. The van der Waals surface area contributed by atoms with Gasteiger partial charge in [-0.15, -0.1) is 0 Å². The number of nitrogens with one attached hydrogen (secondary N) is 2. The SMILES string of the molecule is COC(=O)C[C@H](c1c(Cc2cc(F)c(F)cc2F)[nH][nH]c1=O)c1cccc2nccnc12. The van der Waals surface area contributed by atoms with Crippen LogP contribution in [0.2, 0.25) is 0 Å². The van der Waals surface area contributed by atoms with Crippen molar-refractivity contribution < 1.29 is 22.7 Å². The number of aromatic nitrogens is 4. The number of hydrogen-bond acceptors (Lipinski definition) is 5. The molecule has 0 spiro atoms. The molecule has 2 aromatic heterocycles. The maximum absolute atomic E-state index is 14.3. The molecule has 0 unspecified atom stereocenters. The minimum atomic E-state index is -1.31. The van der Waals surface area contributed by atoms with Gasteiger partial charge in [0.1, 0.15) is 5.82 Å². The average molecular weight is 442 g/mol. The van der Waals surface area contributed by atoms with Crippen LogP contribution in [0.4, 0.5) is 13.2 Å². The van der Waals surface area contributed by atoms with Crippen molar-refractivity contribution in [1.82, 2.24) is 20.2 Å². The Balaban J connectivity index is 1.86. The zero-order chi connectivity index (χ0) is 22.8. The largest absolute Gasteiger partial charge is 0.469 e. The molecule has 7 nitrogen and oxygen atoms in total. The maximum Gasteiger partial charge on any atom is 0.306 e. The van der Waals surface area contributed by atoms with Crippen molar-refractivity contribution in [3.05, 3.63) is 92.9 Å². The summed E-state index contributed by atoms with van der Waals surface area (Å²) in [4.78, 5) is 33.5. The van der Waals surface area contributed by atoms with Gasteiger partial charge in [-0.3, -0.25) is 24.7 Å². The molecule has 0 aliphatic carbocycles. The minimum Gasteiger partial charge on any atom is -0.469 e. The number of carbonyl (C=O) groups excluding carboxylic acids is 1. The molecule has 10 heteroatoms. The molecule has 2 N–H and O–H groups in total. The van der Waals surface area contributed by atoms with Crippen LogP contribution < -0.4 is 5.56 Å². The molecule has 0 radical (unpaired) electrons. The van der Waals surface area contributed by atoms with Crippen LogP contribution in [0.3, 0.4) is 0 Å². The standard InChI is InChI=1S/C22H17F3N4O3/c1-32-19(30)9-13(12-3-2-4-17-21(12)27-6-5-26-17)20-18(28-29-22(20)31)8-11-7-15(24)16(25)10-14(11)23/h2-7,10,13H,8-9H2,1H3,(H2,28,29,31)/t13-/m0/s1. The number of aromatic amines is 2. The molecule has 0 aliphatic rings. The van der Waals surface area contributed by atoms with Crippen molar-refractivity contribution in [2.75, 3.05) is 7.11 Å². The van der Waals surface area contributed by atoms with E-state index in [1.165, 1.54) is 19.5 Å². The Morgan fingerprint density at radius 3 is 2.59 bits per heavy atom. The summed E-state index contributed by atoms with van der Waals surface area (Å²) in [6, 6.07) is 6.34. The number of methoxy groups -OCH3 is 1. The van der Waals surface area contributed by atoms with Gasteiger partial charge in [0.25, 0.3) is 5.56 Å². The fraction of sp³-hybridized carbons (Fsp3) is 0.182. The van der Waals surface area contributed by atoms with Gasteiger partial charge in [-0.05, 0) is 23.3 Å². The Kier molecular flexibility index (Phi) is 5.76. The Morgan fingerprint density at radius 2 is 1.81 bits per heavy atom. The number of ether oxygens (including phenoxy) is 1. The molecule has 4 rings (SSSR count). The van der Waals surface area contributed by atoms with Crippen LogP contribution in [0.1, 0.15) is 34.7 Å². The minimum absolute atomic E-state index is 0.137. The van der Waals surface area contributed by atoms with Gasteiger partial charge >= 0.3 is 5.97 Å². The highest BCUT2D eigenvalue weighted by molar-refractivity contribution is 5.80. The molecule has 0 amide bonds. The second-order valence-electron chi connectivity index (χ2n) is 7.11. The molecule has 4 aromatic rings. The smallest absolute Gasteiger partial charge is 0.306 e. The normalized spacial score (nSPS) is 12.1. The summed E-state index contributed by atoms with van der Waals surface area (Å²) in [6.45, 7) is 0. The van der Waals surface area contributed by atoms with Gasteiger partial charge in [0.2, 0.25) is 0 Å². The monoisotopic (exact) mass is 442 g/mol. The average Bonchev–Trinajstić information content (AvgIpc) is 3.15. The number of carbonyl (C=O) groups is 1. The summed E-state index contributed by atoms with van der Waals surface area (Å²) in [5.74, 6) is -4.89. The zero-order valence-corrected chi connectivity index (χ0v) is 16.8. The first-order valence-corrected chi connectivity index (χ1v) is 9.58. The first-order chi connectivity index (χ1) is 15.4. The van der Waals surface area contributed by atoms with Crippen molar-refractivity contribution >= 4 is 17.0 Å². The highest BCUT2D eigenvalue weighted by Gasteiger charge is 2.28. The third-order valence-corrected chi connectivity index (χ3v) is 5.21. The van der Waals surface area contributed by atoms with Gasteiger partial charge in [0, 0.05) is 42.1 Å². The number of H-pyrrole nitrogens is 2. The summed E-state index contributed by atoms with van der Waals surface area (Å²) < 4.78 is 46.1. The van der Waals surface area contributed by atoms with Crippen molar-refractivity contribution in [2.24, 2.45) is 0 Å². The van der Waals surface area contributed by atoms with Gasteiger partial charge in [-0.1, -0.05) is 12.1 Å². The van der Waals surface area contributed by atoms with E-state index < -0.39 is 34.9 Å². The van der Waals surface area contributed by atoms with Crippen molar-refractivity contribution in [1.29, 1.82) is 0 Å². The van der Waals surface area contributed by atoms with Crippen LogP contribution in [0.25, 0.3) is 11.0 Å². The van der Waals surface area contributed by atoms with Crippen LogP contribution in [-0.2, 0) is 16.0 Å². The van der Waals surface area contributed by atoms with E-state index in [0.717, 1.165) is 6.07 Å². The third-order valence-electron chi connectivity index (χ3n) is 5.21. The molecule has 2 aromatic carbocycles. The summed E-state index contributed by atoms with van der Waals surface area (Å²) in [7, 11) is 1.22. The lowest BCUT2D eigenvalue weighted by Crippen LogP contribution is -2.18. The summed E-state index contributed by atoms with van der Waals surface area (Å²) in [5.41, 5.74) is 1.23. The molecule has 0 saturated heterocycles. The van der Waals surface area contributed by atoms with Gasteiger partial charge < -0.3 is 9.84 Å². The van der Waals surface area contributed by atoms with Crippen molar-refractivity contribution in [3.63, 3.8) is 0 Å². The summed E-state index contributed by atoms with van der Waals surface area (Å²) in [6.07, 6.45) is 2.55. The van der Waals surface area contributed by atoms with E-state index in [2.05, 4.69) is 20.2 Å². The number of hydrogen-bond donors (Lipinski definition) is 2. The van der Waals surface area contributed by atoms with Gasteiger partial charge in [-0.2, -0.15) is 0 Å². The highest BCUT2D eigenvalue weighted by Crippen LogP contribution is 2.33. The molecule has 0 aliphatic heterocycles. The van der Waals surface area contributed by atoms with E-state index in [9.17, 15) is 22.8 Å². The molecular weight excluding hydrogens is 425 g/mol. The topological polar surface area (TPSA) is 101 Å². The summed E-state index contributed by atoms with van der Waals surface area (Å²) in [5, 5.41) is 5.10. The van der Waals surface area contributed by atoms with Gasteiger partial charge in [0.05, 0.1) is 24.6 Å². The predicted molar refractivity (Wildman–Crippen MR) is 109 cm³/mol. The molecule has 0 saturated carbocycles. The van der Waals surface area contributed by atoms with E-state index in [4.69, 9.17) is 4.74 Å². The van der Waals surface area contributed by atoms with Gasteiger partial charge in [0.15, 0.2) is 11.6 Å². The maximum atomic E-state index is 14.3. The van der Waals surface area contributed by atoms with E-state index in [1.54, 1.807) is 18.2 Å². The van der Waals surface area contributed by atoms with Crippen molar-refractivity contribution in [2.45, 2.75) is 18.8 Å². The number of fused-ring (bicyclic) bond motifs is 1. The third kappa shape index (κ3) is 3.98. The number of benzene rings is 2. The Labute approximate surface area is 179 Å². The molecule has 1 atom stereocenters. The zero-order valence-electron chi connectivity index (χ0n) is 16.8. The molecular formula is C22H17F3N4O3. The fourth-order valence-corrected chi connectivity index (χ4v) is 3.72. The molecule has 2 heterocycles. The second kappa shape index (κ2) is 8.66. The molecule has 164 valence electrons. The van der Waals surface area contributed by atoms with Crippen LogP contribution >= 0.6 is 0 Å². The highest BCUT2D eigenvalue weighted by atomic mass is 19.2. The predicted octanol–water partition coefficient (Wildman–Crippen LogP) is 3.35. The van der Waals surface area contributed by atoms with Crippen LogP contribution in [0, 0.1) is 17.5 Å². The number of nitrogens with zero attached hydrogens (tertiary/aromatic N) is 2. The Bertz CT molecular complexity index is 1360. The quantitative estimate of drug-likeness (QED) is 0.352. The van der Waals surface area contributed by atoms with E-state index in [-0.39, 0.29) is 29.7 Å². The van der Waals surface area contributed by atoms with Crippen LogP contribution in [0.5, 0.6) is 0 Å². The number of halogens is 3. The first-order valence-electron chi connectivity index (χ1n) is 9.58. The van der Waals surface area contributed by atoms with E-state index in [1.807, 2.05) is 0 Å². The van der Waals surface area contributed by atoms with Crippen molar-refractivity contribution in [3.8, 4) is 0 Å². The molecule has 0 fully saturated rings. The Hall–Kier alpha value is -3.95. The van der Waals surface area contributed by atoms with Crippen LogP contribution in [-0.4, -0.2) is 33.2 Å². The Morgan fingerprint density at radius 1 is 1.06 bits per heavy atom. The number of para-hydroxylation sites is 1. The van der Waals surface area contributed by atoms with E-state index in [0.29, 0.717) is 22.7 Å². The fourth-order valence-electron chi connectivity index (χ4n) is 3.72. The number of esters is 1. The first kappa shape index (κ1) is 21.3. The lowest BCUT2D eigenvalue weighted by Gasteiger charge is -2.18. The lowest BCUT2D eigenvalue weighted by atomic mass is 9.86. The van der Waals surface area contributed by atoms with E-state index >= 15 is 0 Å². The lowest BCUT2D eigenvalue weighted by molar-refractivity contribution is -0.140. The molecule has 32 heavy (non-hydrogen) atoms. The van der Waals surface area contributed by atoms with Crippen LogP contribution in [0.15, 0.2) is 47.5 Å². The second-order valence-corrected chi connectivity index (χ2v) is 7.11. The molecule has 0 bridgehead atoms.